The van der Waals surface area contributed by atoms with E-state index < -0.39 is 0 Å². The lowest BCUT2D eigenvalue weighted by molar-refractivity contribution is 0.126. The molecular formula is C14H21N5O2. The Morgan fingerprint density at radius 1 is 1.29 bits per heavy atom. The first kappa shape index (κ1) is 15.2. The third-order valence-electron chi connectivity index (χ3n) is 3.38. The lowest BCUT2D eigenvalue weighted by Gasteiger charge is -2.21. The maximum atomic E-state index is 5.87. The van der Waals surface area contributed by atoms with Gasteiger partial charge in [-0.3, -0.25) is 0 Å². The number of ether oxygens (including phenoxy) is 2. The summed E-state index contributed by atoms with van der Waals surface area (Å²) in [4.78, 5) is 0. The average Bonchev–Trinajstić information content (AvgIpc) is 2.93. The molecule has 1 heterocycles. The van der Waals surface area contributed by atoms with Crippen molar-refractivity contribution in [1.29, 1.82) is 0 Å². The van der Waals surface area contributed by atoms with Crippen LogP contribution < -0.4 is 10.5 Å². The number of benzene rings is 1. The van der Waals surface area contributed by atoms with Crippen LogP contribution in [0.4, 0.5) is 5.69 Å². The van der Waals surface area contributed by atoms with Gasteiger partial charge in [0.15, 0.2) is 5.82 Å². The Balaban J connectivity index is 2.51. The molecule has 0 aliphatic carbocycles. The highest BCUT2D eigenvalue weighted by atomic mass is 16.5. The van der Waals surface area contributed by atoms with Gasteiger partial charge in [0.1, 0.15) is 5.75 Å². The Kier molecular flexibility index (Phi) is 4.74. The van der Waals surface area contributed by atoms with E-state index in [0.29, 0.717) is 29.8 Å². The van der Waals surface area contributed by atoms with Gasteiger partial charge in [-0.1, -0.05) is 13.8 Å². The van der Waals surface area contributed by atoms with E-state index in [-0.39, 0.29) is 6.04 Å². The Labute approximate surface area is 124 Å². The number of nitrogen functional groups attached to an aromatic ring is 1. The van der Waals surface area contributed by atoms with Crippen molar-refractivity contribution in [3.63, 3.8) is 0 Å². The summed E-state index contributed by atoms with van der Waals surface area (Å²) in [6, 6.07) is 5.44. The molecule has 1 aromatic heterocycles. The lowest BCUT2D eigenvalue weighted by Crippen LogP contribution is -2.22. The number of rotatable bonds is 6. The summed E-state index contributed by atoms with van der Waals surface area (Å²) in [5.74, 6) is 1.62. The van der Waals surface area contributed by atoms with Crippen molar-refractivity contribution >= 4 is 5.69 Å². The van der Waals surface area contributed by atoms with E-state index in [1.54, 1.807) is 25.0 Å². The third-order valence-corrected chi connectivity index (χ3v) is 3.38. The smallest absolute Gasteiger partial charge is 0.186 e. The number of hydrogen-bond donors (Lipinski definition) is 1. The van der Waals surface area contributed by atoms with E-state index in [0.717, 1.165) is 5.56 Å². The molecule has 114 valence electrons. The van der Waals surface area contributed by atoms with E-state index >= 15 is 0 Å². The number of aromatic nitrogens is 4. The predicted molar refractivity (Wildman–Crippen MR) is 80.0 cm³/mol. The van der Waals surface area contributed by atoms with Crippen molar-refractivity contribution in [3.05, 3.63) is 18.2 Å². The molecule has 1 atom stereocenters. The summed E-state index contributed by atoms with van der Waals surface area (Å²) in [6.07, 6.45) is 0. The zero-order valence-electron chi connectivity index (χ0n) is 12.8. The molecule has 2 N–H and O–H groups in total. The van der Waals surface area contributed by atoms with Gasteiger partial charge < -0.3 is 15.2 Å². The number of nitrogens with zero attached hydrogens (tertiary/aromatic N) is 4. The van der Waals surface area contributed by atoms with Crippen molar-refractivity contribution in [3.8, 4) is 17.1 Å². The van der Waals surface area contributed by atoms with Gasteiger partial charge in [-0.2, -0.15) is 0 Å². The molecule has 0 saturated carbocycles. The number of anilines is 1. The van der Waals surface area contributed by atoms with Crippen molar-refractivity contribution in [1.82, 2.24) is 20.2 Å². The molecule has 0 amide bonds. The lowest BCUT2D eigenvalue weighted by atomic mass is 10.0. The summed E-state index contributed by atoms with van der Waals surface area (Å²) in [5, 5.41) is 12.0. The fourth-order valence-corrected chi connectivity index (χ4v) is 2.21. The zero-order valence-corrected chi connectivity index (χ0v) is 12.8. The van der Waals surface area contributed by atoms with E-state index in [2.05, 4.69) is 29.4 Å². The molecule has 0 aliphatic rings. The van der Waals surface area contributed by atoms with Crippen molar-refractivity contribution in [2.75, 3.05) is 26.6 Å². The van der Waals surface area contributed by atoms with Crippen molar-refractivity contribution in [2.24, 2.45) is 5.92 Å². The fourth-order valence-electron chi connectivity index (χ4n) is 2.21. The second-order valence-electron chi connectivity index (χ2n) is 5.17. The SMILES string of the molecule is COCC(C(C)C)n1nnnc1-c1cc(N)ccc1OC. The van der Waals surface area contributed by atoms with Crippen LogP contribution in [-0.2, 0) is 4.74 Å². The molecule has 7 heteroatoms. The molecule has 0 saturated heterocycles. The molecule has 0 bridgehead atoms. The quantitative estimate of drug-likeness (QED) is 0.816. The number of methoxy groups -OCH3 is 2. The zero-order chi connectivity index (χ0) is 15.4. The number of nitrogens with two attached hydrogens (primary N) is 1. The van der Waals surface area contributed by atoms with Crippen LogP contribution in [0.1, 0.15) is 19.9 Å². The first-order valence-electron chi connectivity index (χ1n) is 6.79. The van der Waals surface area contributed by atoms with Gasteiger partial charge in [0.05, 0.1) is 25.3 Å². The van der Waals surface area contributed by atoms with Gasteiger partial charge >= 0.3 is 0 Å². The second-order valence-corrected chi connectivity index (χ2v) is 5.17. The molecule has 1 unspecified atom stereocenters. The van der Waals surface area contributed by atoms with Gasteiger partial charge in [0.2, 0.25) is 0 Å². The molecule has 2 rings (SSSR count). The van der Waals surface area contributed by atoms with Crippen LogP contribution >= 0.6 is 0 Å². The standard InChI is InChI=1S/C14H21N5O2/c1-9(2)12(8-20-3)19-14(16-17-18-19)11-7-10(15)5-6-13(11)21-4/h5-7,9,12H,8,15H2,1-4H3. The highest BCUT2D eigenvalue weighted by Crippen LogP contribution is 2.32. The van der Waals surface area contributed by atoms with Crippen LogP contribution in [0.25, 0.3) is 11.4 Å². The molecule has 1 aromatic carbocycles. The fraction of sp³-hybridized carbons (Fsp3) is 0.500. The summed E-state index contributed by atoms with van der Waals surface area (Å²) in [7, 11) is 3.28. The van der Waals surface area contributed by atoms with Crippen molar-refractivity contribution in [2.45, 2.75) is 19.9 Å². The van der Waals surface area contributed by atoms with Gasteiger partial charge in [0, 0.05) is 12.8 Å². The molecular weight excluding hydrogens is 270 g/mol. The van der Waals surface area contributed by atoms with E-state index in [1.165, 1.54) is 0 Å². The average molecular weight is 291 g/mol. The largest absolute Gasteiger partial charge is 0.496 e. The van der Waals surface area contributed by atoms with E-state index in [4.69, 9.17) is 15.2 Å². The molecule has 0 fully saturated rings. The van der Waals surface area contributed by atoms with Crippen LogP contribution in [-0.4, -0.2) is 41.0 Å². The molecule has 0 radical (unpaired) electrons. The number of hydrogen-bond acceptors (Lipinski definition) is 6. The Morgan fingerprint density at radius 3 is 2.67 bits per heavy atom. The minimum absolute atomic E-state index is 0.0335. The molecule has 7 nitrogen and oxygen atoms in total. The summed E-state index contributed by atoms with van der Waals surface area (Å²) in [5.41, 5.74) is 7.28. The van der Waals surface area contributed by atoms with Crippen LogP contribution in [0.2, 0.25) is 0 Å². The highest BCUT2D eigenvalue weighted by Gasteiger charge is 2.23. The van der Waals surface area contributed by atoms with Gasteiger partial charge in [-0.25, -0.2) is 4.68 Å². The maximum absolute atomic E-state index is 5.87. The van der Waals surface area contributed by atoms with Crippen LogP contribution in [0, 0.1) is 5.92 Å². The monoisotopic (exact) mass is 291 g/mol. The van der Waals surface area contributed by atoms with Crippen LogP contribution in [0.3, 0.4) is 0 Å². The Bertz CT molecular complexity index is 597. The van der Waals surface area contributed by atoms with Crippen LogP contribution in [0.5, 0.6) is 5.75 Å². The van der Waals surface area contributed by atoms with Gasteiger partial charge in [-0.05, 0) is 34.5 Å². The topological polar surface area (TPSA) is 88.1 Å². The second kappa shape index (κ2) is 6.53. The Hall–Kier alpha value is -2.15. The van der Waals surface area contributed by atoms with Gasteiger partial charge in [0.25, 0.3) is 0 Å². The molecule has 0 aliphatic heterocycles. The summed E-state index contributed by atoms with van der Waals surface area (Å²) < 4.78 is 12.4. The Morgan fingerprint density at radius 2 is 2.05 bits per heavy atom. The maximum Gasteiger partial charge on any atom is 0.186 e. The molecule has 21 heavy (non-hydrogen) atoms. The van der Waals surface area contributed by atoms with E-state index in [1.807, 2.05) is 12.1 Å². The first-order chi connectivity index (χ1) is 10.1. The summed E-state index contributed by atoms with van der Waals surface area (Å²) in [6.45, 7) is 4.73. The minimum Gasteiger partial charge on any atom is -0.496 e. The van der Waals surface area contributed by atoms with Crippen molar-refractivity contribution < 1.29 is 9.47 Å². The first-order valence-corrected chi connectivity index (χ1v) is 6.79. The van der Waals surface area contributed by atoms with Crippen LogP contribution in [0.15, 0.2) is 18.2 Å². The normalized spacial score (nSPS) is 12.6. The van der Waals surface area contributed by atoms with E-state index in [9.17, 15) is 0 Å². The molecule has 0 spiro atoms. The number of tetrazole rings is 1. The molecule has 2 aromatic rings. The van der Waals surface area contributed by atoms with Gasteiger partial charge in [-0.15, -0.1) is 5.10 Å². The predicted octanol–water partition coefficient (Wildman–Crippen LogP) is 1.77. The third kappa shape index (κ3) is 3.13. The highest BCUT2D eigenvalue weighted by molar-refractivity contribution is 5.68. The summed E-state index contributed by atoms with van der Waals surface area (Å²) >= 11 is 0. The minimum atomic E-state index is 0.0335.